The number of benzene rings is 1. The van der Waals surface area contributed by atoms with E-state index in [-0.39, 0.29) is 10.6 Å². The molecule has 18 heavy (non-hydrogen) atoms. The van der Waals surface area contributed by atoms with Crippen LogP contribution in [0.2, 0.25) is 0 Å². The molecule has 1 fully saturated rings. The molecule has 3 N–H and O–H groups in total. The van der Waals surface area contributed by atoms with Gasteiger partial charge < -0.3 is 5.73 Å². The Bertz CT molecular complexity index is 527. The molecule has 1 aromatic carbocycles. The van der Waals surface area contributed by atoms with Crippen molar-refractivity contribution < 1.29 is 8.42 Å². The zero-order valence-electron chi connectivity index (χ0n) is 10.0. The van der Waals surface area contributed by atoms with Gasteiger partial charge in [0.05, 0.1) is 5.69 Å². The largest absolute Gasteiger partial charge is 0.398 e. The summed E-state index contributed by atoms with van der Waals surface area (Å²) in [7, 11) is -3.48. The zero-order valence-corrected chi connectivity index (χ0v) is 12.4. The Kier molecular flexibility index (Phi) is 4.29. The van der Waals surface area contributed by atoms with Gasteiger partial charge in [-0.05, 0) is 30.5 Å². The SMILES string of the molecule is Nc1cc(Br)ccc1S(=O)(=O)NCCC1CCC1. The lowest BCUT2D eigenvalue weighted by atomic mass is 9.83. The van der Waals surface area contributed by atoms with Gasteiger partial charge in [-0.15, -0.1) is 0 Å². The van der Waals surface area contributed by atoms with Crippen molar-refractivity contribution in [3.05, 3.63) is 22.7 Å². The second-order valence-electron chi connectivity index (χ2n) is 4.67. The van der Waals surface area contributed by atoms with Crippen molar-refractivity contribution in [2.75, 3.05) is 12.3 Å². The Balaban J connectivity index is 2.00. The van der Waals surface area contributed by atoms with Crippen LogP contribution in [0, 0.1) is 5.92 Å². The van der Waals surface area contributed by atoms with Gasteiger partial charge in [0, 0.05) is 11.0 Å². The van der Waals surface area contributed by atoms with Crippen molar-refractivity contribution in [1.29, 1.82) is 0 Å². The van der Waals surface area contributed by atoms with Crippen molar-refractivity contribution in [3.8, 4) is 0 Å². The maximum absolute atomic E-state index is 12.0. The van der Waals surface area contributed by atoms with Crippen LogP contribution in [0.3, 0.4) is 0 Å². The summed E-state index contributed by atoms with van der Waals surface area (Å²) in [6, 6.07) is 4.79. The summed E-state index contributed by atoms with van der Waals surface area (Å²) in [5.74, 6) is 0.690. The first-order chi connectivity index (χ1) is 8.49. The van der Waals surface area contributed by atoms with Crippen molar-refractivity contribution >= 4 is 31.6 Å². The molecule has 6 heteroatoms. The van der Waals surface area contributed by atoms with Crippen LogP contribution in [0.5, 0.6) is 0 Å². The summed E-state index contributed by atoms with van der Waals surface area (Å²) in [4.78, 5) is 0.152. The van der Waals surface area contributed by atoms with Crippen molar-refractivity contribution in [2.24, 2.45) is 5.92 Å². The molecular weight excluding hydrogens is 316 g/mol. The fraction of sp³-hybridized carbons (Fsp3) is 0.500. The van der Waals surface area contributed by atoms with Crippen molar-refractivity contribution in [3.63, 3.8) is 0 Å². The van der Waals surface area contributed by atoms with Gasteiger partial charge in [-0.2, -0.15) is 0 Å². The molecule has 1 aliphatic rings. The highest BCUT2D eigenvalue weighted by atomic mass is 79.9. The van der Waals surface area contributed by atoms with E-state index in [0.717, 1.165) is 10.9 Å². The molecule has 1 aliphatic carbocycles. The Morgan fingerprint density at radius 3 is 2.67 bits per heavy atom. The minimum absolute atomic E-state index is 0.152. The van der Waals surface area contributed by atoms with E-state index in [0.29, 0.717) is 12.5 Å². The van der Waals surface area contributed by atoms with E-state index >= 15 is 0 Å². The Hall–Kier alpha value is -0.590. The van der Waals surface area contributed by atoms with Crippen LogP contribution in [-0.2, 0) is 10.0 Å². The van der Waals surface area contributed by atoms with Gasteiger partial charge >= 0.3 is 0 Å². The van der Waals surface area contributed by atoms with E-state index < -0.39 is 10.0 Å². The molecule has 0 aromatic heterocycles. The van der Waals surface area contributed by atoms with Gasteiger partial charge in [0.25, 0.3) is 0 Å². The van der Waals surface area contributed by atoms with Crippen LogP contribution < -0.4 is 10.5 Å². The van der Waals surface area contributed by atoms with Gasteiger partial charge in [0.2, 0.25) is 10.0 Å². The van der Waals surface area contributed by atoms with Crippen molar-refractivity contribution in [1.82, 2.24) is 4.72 Å². The number of rotatable bonds is 5. The van der Waals surface area contributed by atoms with Crippen LogP contribution in [0.1, 0.15) is 25.7 Å². The molecule has 0 unspecified atom stereocenters. The number of nitrogen functional groups attached to an aromatic ring is 1. The quantitative estimate of drug-likeness (QED) is 0.813. The van der Waals surface area contributed by atoms with Crippen LogP contribution in [0.15, 0.2) is 27.6 Å². The third kappa shape index (κ3) is 3.24. The van der Waals surface area contributed by atoms with Crippen molar-refractivity contribution in [2.45, 2.75) is 30.6 Å². The maximum Gasteiger partial charge on any atom is 0.242 e. The molecule has 4 nitrogen and oxygen atoms in total. The van der Waals surface area contributed by atoms with Gasteiger partial charge in [0.1, 0.15) is 4.90 Å². The highest BCUT2D eigenvalue weighted by Gasteiger charge is 2.20. The Morgan fingerprint density at radius 1 is 1.39 bits per heavy atom. The molecule has 1 saturated carbocycles. The molecule has 0 radical (unpaired) electrons. The molecule has 0 spiro atoms. The smallest absolute Gasteiger partial charge is 0.242 e. The third-order valence-electron chi connectivity index (χ3n) is 3.33. The van der Waals surface area contributed by atoms with Crippen LogP contribution in [0.25, 0.3) is 0 Å². The molecule has 0 aliphatic heterocycles. The van der Waals surface area contributed by atoms with Gasteiger partial charge in [-0.25, -0.2) is 13.1 Å². The molecule has 1 aromatic rings. The lowest BCUT2D eigenvalue weighted by Crippen LogP contribution is -2.28. The average molecular weight is 333 g/mol. The number of hydrogen-bond acceptors (Lipinski definition) is 3. The van der Waals surface area contributed by atoms with E-state index in [1.54, 1.807) is 12.1 Å². The van der Waals surface area contributed by atoms with Gasteiger partial charge in [-0.3, -0.25) is 0 Å². The summed E-state index contributed by atoms with van der Waals surface area (Å²) in [5.41, 5.74) is 5.99. The predicted octanol–water partition coefficient (Wildman–Crippen LogP) is 2.50. The standard InChI is InChI=1S/C12H17BrN2O2S/c13-10-4-5-12(11(14)8-10)18(16,17)15-7-6-9-2-1-3-9/h4-5,8-9,15H,1-3,6-7,14H2. The van der Waals surface area contributed by atoms with Crippen LogP contribution >= 0.6 is 15.9 Å². The number of sulfonamides is 1. The maximum atomic E-state index is 12.0. The minimum atomic E-state index is -3.48. The summed E-state index contributed by atoms with van der Waals surface area (Å²) in [6.45, 7) is 0.489. The fourth-order valence-corrected chi connectivity index (χ4v) is 3.56. The highest BCUT2D eigenvalue weighted by molar-refractivity contribution is 9.10. The second kappa shape index (κ2) is 5.59. The van der Waals surface area contributed by atoms with Crippen LogP contribution in [0.4, 0.5) is 5.69 Å². The highest BCUT2D eigenvalue weighted by Crippen LogP contribution is 2.29. The zero-order chi connectivity index (χ0) is 13.2. The fourth-order valence-electron chi connectivity index (χ4n) is 2.02. The average Bonchev–Trinajstić information content (AvgIpc) is 2.21. The number of nitrogens with one attached hydrogen (secondary N) is 1. The Labute approximate surface area is 116 Å². The predicted molar refractivity (Wildman–Crippen MR) is 75.7 cm³/mol. The van der Waals surface area contributed by atoms with E-state index in [9.17, 15) is 8.42 Å². The van der Waals surface area contributed by atoms with E-state index in [4.69, 9.17) is 5.73 Å². The first-order valence-corrected chi connectivity index (χ1v) is 8.31. The third-order valence-corrected chi connectivity index (χ3v) is 5.36. The van der Waals surface area contributed by atoms with Gasteiger partial charge in [0.15, 0.2) is 0 Å². The number of anilines is 1. The summed E-state index contributed by atoms with van der Waals surface area (Å²) in [5, 5.41) is 0. The first kappa shape index (κ1) is 13.8. The lowest BCUT2D eigenvalue weighted by molar-refractivity contribution is 0.297. The van der Waals surface area contributed by atoms with E-state index in [2.05, 4.69) is 20.7 Å². The number of nitrogens with two attached hydrogens (primary N) is 1. The molecular formula is C12H17BrN2O2S. The summed E-state index contributed by atoms with van der Waals surface area (Å²) >= 11 is 3.26. The normalized spacial score (nSPS) is 16.5. The first-order valence-electron chi connectivity index (χ1n) is 6.04. The monoisotopic (exact) mass is 332 g/mol. The molecule has 0 atom stereocenters. The van der Waals surface area contributed by atoms with Gasteiger partial charge in [-0.1, -0.05) is 35.2 Å². The topological polar surface area (TPSA) is 72.2 Å². The lowest BCUT2D eigenvalue weighted by Gasteiger charge is -2.25. The van der Waals surface area contributed by atoms with E-state index in [1.165, 1.54) is 25.3 Å². The molecule has 0 heterocycles. The Morgan fingerprint density at radius 2 is 2.11 bits per heavy atom. The molecule has 2 rings (SSSR count). The molecule has 0 amide bonds. The molecule has 100 valence electrons. The molecule has 0 bridgehead atoms. The summed E-state index contributed by atoms with van der Waals surface area (Å²) in [6.07, 6.45) is 4.64. The number of halogens is 1. The minimum Gasteiger partial charge on any atom is -0.398 e. The number of hydrogen-bond donors (Lipinski definition) is 2. The summed E-state index contributed by atoms with van der Waals surface area (Å²) < 4.78 is 27.5. The molecule has 0 saturated heterocycles. The second-order valence-corrected chi connectivity index (χ2v) is 7.32. The van der Waals surface area contributed by atoms with E-state index in [1.807, 2.05) is 0 Å². The van der Waals surface area contributed by atoms with Crippen LogP contribution in [-0.4, -0.2) is 15.0 Å².